The lowest BCUT2D eigenvalue weighted by Gasteiger charge is -2.23. The van der Waals surface area contributed by atoms with Crippen molar-refractivity contribution in [1.82, 2.24) is 4.98 Å². The van der Waals surface area contributed by atoms with Gasteiger partial charge in [-0.1, -0.05) is 66.6 Å². The van der Waals surface area contributed by atoms with Gasteiger partial charge in [0.1, 0.15) is 11.5 Å². The van der Waals surface area contributed by atoms with Crippen LogP contribution in [0, 0.1) is 13.8 Å². The lowest BCUT2D eigenvalue weighted by Crippen LogP contribution is -2.29. The number of anilines is 1. The van der Waals surface area contributed by atoms with E-state index in [2.05, 4.69) is 6.92 Å². The van der Waals surface area contributed by atoms with Gasteiger partial charge in [0.05, 0.1) is 28.4 Å². The number of carbonyl (C=O) groups is 2. The molecule has 1 unspecified atom stereocenters. The van der Waals surface area contributed by atoms with Crippen LogP contribution in [0.15, 0.2) is 66.2 Å². The zero-order valence-corrected chi connectivity index (χ0v) is 22.9. The summed E-state index contributed by atoms with van der Waals surface area (Å²) in [6, 6.07) is 17.0. The van der Waals surface area contributed by atoms with Gasteiger partial charge in [0.25, 0.3) is 5.78 Å². The van der Waals surface area contributed by atoms with Gasteiger partial charge >= 0.3 is 5.91 Å². The molecule has 1 saturated heterocycles. The summed E-state index contributed by atoms with van der Waals surface area (Å²) >= 11 is 7.66. The predicted octanol–water partition coefficient (Wildman–Crippen LogP) is 7.37. The van der Waals surface area contributed by atoms with E-state index in [-0.39, 0.29) is 11.3 Å². The van der Waals surface area contributed by atoms with E-state index in [4.69, 9.17) is 21.3 Å². The molecule has 1 N–H and O–H groups in total. The van der Waals surface area contributed by atoms with Crippen LogP contribution in [0.2, 0.25) is 5.02 Å². The minimum absolute atomic E-state index is 0.0184. The van der Waals surface area contributed by atoms with Crippen LogP contribution in [0.5, 0.6) is 5.75 Å². The van der Waals surface area contributed by atoms with Gasteiger partial charge in [-0.05, 0) is 67.3 Å². The first-order valence-electron chi connectivity index (χ1n) is 12.5. The molecule has 1 aromatic heterocycles. The summed E-state index contributed by atoms with van der Waals surface area (Å²) in [5, 5.41) is 12.3. The van der Waals surface area contributed by atoms with Crippen LogP contribution in [0.3, 0.4) is 0 Å². The number of aliphatic hydroxyl groups is 1. The molecule has 3 aromatic carbocycles. The number of halogens is 1. The number of ether oxygens (including phenoxy) is 1. The van der Waals surface area contributed by atoms with Crippen molar-refractivity contribution >= 4 is 55.7 Å². The number of unbranched alkanes of at least 4 members (excludes halogenated alkanes) is 1. The van der Waals surface area contributed by atoms with E-state index in [0.29, 0.717) is 33.6 Å². The molecule has 0 bridgehead atoms. The van der Waals surface area contributed by atoms with E-state index in [9.17, 15) is 14.7 Å². The Bertz CT molecular complexity index is 1590. The first kappa shape index (κ1) is 25.9. The Kier molecular flexibility index (Phi) is 7.23. The second-order valence-corrected chi connectivity index (χ2v) is 10.8. The third-order valence-electron chi connectivity index (χ3n) is 6.51. The molecule has 0 radical (unpaired) electrons. The molecule has 38 heavy (non-hydrogen) atoms. The summed E-state index contributed by atoms with van der Waals surface area (Å²) in [7, 11) is 0. The first-order chi connectivity index (χ1) is 18.3. The maximum atomic E-state index is 13.5. The van der Waals surface area contributed by atoms with Crippen molar-refractivity contribution in [2.45, 2.75) is 39.7 Å². The number of carbonyl (C=O) groups excluding carboxylic acids is 2. The zero-order chi connectivity index (χ0) is 27.0. The molecule has 1 aliphatic heterocycles. The molecule has 1 aliphatic rings. The monoisotopic (exact) mass is 546 g/mol. The number of aliphatic hydroxyl groups excluding tert-OH is 1. The molecule has 8 heteroatoms. The minimum Gasteiger partial charge on any atom is -0.507 e. The van der Waals surface area contributed by atoms with Crippen molar-refractivity contribution in [3.05, 3.63) is 93.5 Å². The Morgan fingerprint density at radius 2 is 1.89 bits per heavy atom. The Labute approximate surface area is 230 Å². The Balaban J connectivity index is 1.67. The average Bonchev–Trinajstić information content (AvgIpc) is 3.42. The molecule has 1 fully saturated rings. The molecule has 0 aliphatic carbocycles. The summed E-state index contributed by atoms with van der Waals surface area (Å²) in [5.41, 5.74) is 3.81. The number of ketones is 1. The molecule has 5 rings (SSSR count). The zero-order valence-electron chi connectivity index (χ0n) is 21.3. The maximum absolute atomic E-state index is 13.5. The van der Waals surface area contributed by atoms with Gasteiger partial charge in [0.2, 0.25) is 0 Å². The highest BCUT2D eigenvalue weighted by molar-refractivity contribution is 7.22. The van der Waals surface area contributed by atoms with E-state index in [1.54, 1.807) is 48.5 Å². The summed E-state index contributed by atoms with van der Waals surface area (Å²) in [5.74, 6) is -1.23. The fourth-order valence-corrected chi connectivity index (χ4v) is 6.07. The number of hydrogen-bond donors (Lipinski definition) is 1. The lowest BCUT2D eigenvalue weighted by molar-refractivity contribution is -0.132. The Morgan fingerprint density at radius 1 is 1.11 bits per heavy atom. The van der Waals surface area contributed by atoms with Crippen molar-refractivity contribution in [1.29, 1.82) is 0 Å². The predicted molar refractivity (Wildman–Crippen MR) is 152 cm³/mol. The van der Waals surface area contributed by atoms with Crippen molar-refractivity contribution < 1.29 is 19.4 Å². The highest BCUT2D eigenvalue weighted by atomic mass is 35.5. The van der Waals surface area contributed by atoms with Gasteiger partial charge in [0, 0.05) is 10.6 Å². The van der Waals surface area contributed by atoms with Crippen molar-refractivity contribution in [2.24, 2.45) is 0 Å². The van der Waals surface area contributed by atoms with E-state index in [1.807, 2.05) is 26.0 Å². The van der Waals surface area contributed by atoms with E-state index in [1.165, 1.54) is 16.2 Å². The number of benzene rings is 3. The fourth-order valence-electron chi connectivity index (χ4n) is 4.71. The summed E-state index contributed by atoms with van der Waals surface area (Å²) in [4.78, 5) is 33.2. The van der Waals surface area contributed by atoms with Gasteiger partial charge in [-0.2, -0.15) is 0 Å². The number of hydrogen-bond acceptors (Lipinski definition) is 6. The number of thiazole rings is 1. The standard InChI is InChI=1S/C30H27ClN2O4S/c1-4-5-12-37-22-11-7-9-20(16-22)27(34)24-26(19-8-6-10-21(31)15-19)33(29(36)28(24)35)30-32-25-18(3)13-17(2)14-23(25)38-30/h6-11,13-16,26,34H,4-5,12H2,1-3H3/b27-24+. The normalized spacial score (nSPS) is 16.9. The molecule has 4 aromatic rings. The molecular formula is C30H27ClN2O4S. The minimum atomic E-state index is -0.902. The molecule has 1 amide bonds. The van der Waals surface area contributed by atoms with Crippen LogP contribution < -0.4 is 9.64 Å². The second kappa shape index (κ2) is 10.6. The number of fused-ring (bicyclic) bond motifs is 1. The topological polar surface area (TPSA) is 79.7 Å². The first-order valence-corrected chi connectivity index (χ1v) is 13.7. The average molecular weight is 547 g/mol. The number of amides is 1. The van der Waals surface area contributed by atoms with Crippen LogP contribution in [0.25, 0.3) is 16.0 Å². The third kappa shape index (κ3) is 4.79. The Morgan fingerprint density at radius 3 is 2.66 bits per heavy atom. The number of nitrogens with zero attached hydrogens (tertiary/aromatic N) is 2. The Hall–Kier alpha value is -3.68. The molecule has 194 valence electrons. The van der Waals surface area contributed by atoms with Gasteiger partial charge < -0.3 is 9.84 Å². The van der Waals surface area contributed by atoms with Crippen LogP contribution in [-0.2, 0) is 9.59 Å². The smallest absolute Gasteiger partial charge is 0.301 e. The van der Waals surface area contributed by atoms with Crippen LogP contribution in [0.1, 0.15) is 48.1 Å². The van der Waals surface area contributed by atoms with Crippen LogP contribution in [0.4, 0.5) is 5.13 Å². The van der Waals surface area contributed by atoms with E-state index in [0.717, 1.165) is 34.2 Å². The SMILES string of the molecule is CCCCOc1cccc(/C(O)=C2\C(=O)C(=O)N(c3nc4c(C)cc(C)cc4s3)C2c2cccc(Cl)c2)c1. The van der Waals surface area contributed by atoms with Gasteiger partial charge in [-0.15, -0.1) is 0 Å². The molecule has 6 nitrogen and oxygen atoms in total. The van der Waals surface area contributed by atoms with Crippen molar-refractivity contribution in [3.63, 3.8) is 0 Å². The third-order valence-corrected chi connectivity index (χ3v) is 7.74. The molecule has 0 spiro atoms. The number of aromatic nitrogens is 1. The highest BCUT2D eigenvalue weighted by Crippen LogP contribution is 2.45. The quantitative estimate of drug-likeness (QED) is 0.113. The summed E-state index contributed by atoms with van der Waals surface area (Å²) in [6.45, 7) is 6.60. The largest absolute Gasteiger partial charge is 0.507 e. The van der Waals surface area contributed by atoms with Crippen molar-refractivity contribution in [2.75, 3.05) is 11.5 Å². The van der Waals surface area contributed by atoms with Crippen LogP contribution in [-0.4, -0.2) is 28.4 Å². The van der Waals surface area contributed by atoms with E-state index < -0.39 is 17.7 Å². The second-order valence-electron chi connectivity index (χ2n) is 9.38. The molecule has 1 atom stereocenters. The summed E-state index contributed by atoms with van der Waals surface area (Å²) in [6.07, 6.45) is 1.89. The molecule has 0 saturated carbocycles. The highest BCUT2D eigenvalue weighted by Gasteiger charge is 2.48. The fraction of sp³-hybridized carbons (Fsp3) is 0.233. The number of rotatable bonds is 7. The molecule has 2 heterocycles. The lowest BCUT2D eigenvalue weighted by atomic mass is 9.95. The number of aryl methyl sites for hydroxylation is 2. The van der Waals surface area contributed by atoms with Gasteiger partial charge in [-0.25, -0.2) is 4.98 Å². The summed E-state index contributed by atoms with van der Waals surface area (Å²) < 4.78 is 6.72. The van der Waals surface area contributed by atoms with Crippen LogP contribution >= 0.6 is 22.9 Å². The number of Topliss-reactive ketones (excluding diaryl/α,β-unsaturated/α-hetero) is 1. The van der Waals surface area contributed by atoms with Crippen molar-refractivity contribution in [3.8, 4) is 5.75 Å². The molecular weight excluding hydrogens is 520 g/mol. The van der Waals surface area contributed by atoms with Gasteiger partial charge in [-0.3, -0.25) is 14.5 Å². The van der Waals surface area contributed by atoms with E-state index >= 15 is 0 Å². The van der Waals surface area contributed by atoms with Gasteiger partial charge in [0.15, 0.2) is 5.13 Å². The maximum Gasteiger partial charge on any atom is 0.301 e.